The monoisotopic (exact) mass is 486 g/mol. The van der Waals surface area contributed by atoms with Crippen LogP contribution in [0.4, 0.5) is 0 Å². The second kappa shape index (κ2) is 17.0. The van der Waals surface area contributed by atoms with Gasteiger partial charge in [-0.15, -0.1) is 24.0 Å². The van der Waals surface area contributed by atoms with Crippen molar-refractivity contribution in [3.8, 4) is 0 Å². The summed E-state index contributed by atoms with van der Waals surface area (Å²) in [7, 11) is 5.57. The topological polar surface area (TPSA) is 58.6 Å². The third-order valence-electron chi connectivity index (χ3n) is 4.34. The maximum atomic E-state index is 5.94. The number of nitrogens with one attached hydrogen (secondary N) is 1. The van der Waals surface area contributed by atoms with Gasteiger partial charge >= 0.3 is 0 Å². The lowest BCUT2D eigenvalue weighted by molar-refractivity contribution is 0.00990. The molecule has 1 heterocycles. The van der Waals surface area contributed by atoms with Crippen molar-refractivity contribution in [1.82, 2.24) is 15.1 Å². The Morgan fingerprint density at radius 3 is 2.42 bits per heavy atom. The van der Waals surface area contributed by atoms with E-state index in [4.69, 9.17) is 19.2 Å². The van der Waals surface area contributed by atoms with Crippen LogP contribution in [0.1, 0.15) is 26.2 Å². The van der Waals surface area contributed by atoms with Crippen LogP contribution in [0.3, 0.4) is 0 Å². The van der Waals surface area contributed by atoms with E-state index in [9.17, 15) is 0 Å². The van der Waals surface area contributed by atoms with Gasteiger partial charge in [-0.3, -0.25) is 4.99 Å². The largest absolute Gasteiger partial charge is 0.385 e. The summed E-state index contributed by atoms with van der Waals surface area (Å²) in [5, 5.41) is 3.42. The molecule has 1 aliphatic heterocycles. The first kappa shape index (κ1) is 25.8. The molecule has 1 saturated heterocycles. The summed E-state index contributed by atoms with van der Waals surface area (Å²) < 4.78 is 16.1. The van der Waals surface area contributed by atoms with Crippen molar-refractivity contribution in [3.05, 3.63) is 0 Å². The van der Waals surface area contributed by atoms with E-state index < -0.39 is 0 Å². The number of hydrogen-bond donors (Lipinski definition) is 1. The molecular weight excluding hydrogens is 447 g/mol. The van der Waals surface area contributed by atoms with E-state index >= 15 is 0 Å². The van der Waals surface area contributed by atoms with Gasteiger partial charge in [0.25, 0.3) is 0 Å². The molecular formula is C18H39IN4O3. The van der Waals surface area contributed by atoms with Crippen molar-refractivity contribution in [2.45, 2.75) is 32.3 Å². The third-order valence-corrected chi connectivity index (χ3v) is 4.34. The first-order chi connectivity index (χ1) is 12.2. The molecule has 0 bridgehead atoms. The number of likely N-dealkylation sites (N-methyl/N-ethyl adjacent to an activating group) is 1. The molecule has 0 aromatic rings. The van der Waals surface area contributed by atoms with Gasteiger partial charge in [-0.2, -0.15) is 0 Å². The lowest BCUT2D eigenvalue weighted by Crippen LogP contribution is -2.47. The highest BCUT2D eigenvalue weighted by Crippen LogP contribution is 2.14. The lowest BCUT2D eigenvalue weighted by atomic mass is 10.1. The minimum Gasteiger partial charge on any atom is -0.385 e. The molecule has 0 aliphatic carbocycles. The average molecular weight is 486 g/mol. The smallest absolute Gasteiger partial charge is 0.193 e. The fraction of sp³-hybridized carbons (Fsp3) is 0.944. The van der Waals surface area contributed by atoms with E-state index in [1.54, 1.807) is 14.2 Å². The number of likely N-dealkylation sites (tertiary alicyclic amines) is 1. The number of aliphatic imine (C=N–C) groups is 1. The molecule has 0 aromatic carbocycles. The summed E-state index contributed by atoms with van der Waals surface area (Å²) in [5.74, 6) is 1.03. The van der Waals surface area contributed by atoms with Gasteiger partial charge in [0.2, 0.25) is 0 Å². The highest BCUT2D eigenvalue weighted by Gasteiger charge is 2.21. The summed E-state index contributed by atoms with van der Waals surface area (Å²) in [5.41, 5.74) is 0. The van der Waals surface area contributed by atoms with Crippen LogP contribution in [-0.4, -0.2) is 102 Å². The van der Waals surface area contributed by atoms with Gasteiger partial charge in [0.05, 0.1) is 19.3 Å². The molecule has 0 spiro atoms. The molecule has 1 rings (SSSR count). The first-order valence-corrected chi connectivity index (χ1v) is 9.52. The zero-order chi connectivity index (χ0) is 18.3. The number of rotatable bonds is 12. The van der Waals surface area contributed by atoms with Crippen molar-refractivity contribution < 1.29 is 14.2 Å². The standard InChI is InChI=1S/C18H38N4O3.HI/c1-5-19-18(20-9-12-21(2)13-16-24-4)22-10-7-17(8-11-22)25-15-6-14-23-3;/h17H,5-16H2,1-4H3,(H,19,20);1H. The van der Waals surface area contributed by atoms with Gasteiger partial charge in [0.15, 0.2) is 5.96 Å². The number of piperidine rings is 1. The fourth-order valence-electron chi connectivity index (χ4n) is 2.80. The highest BCUT2D eigenvalue weighted by atomic mass is 127. The molecule has 1 fully saturated rings. The van der Waals surface area contributed by atoms with Gasteiger partial charge in [0.1, 0.15) is 0 Å². The van der Waals surface area contributed by atoms with Gasteiger partial charge in [-0.25, -0.2) is 0 Å². The maximum Gasteiger partial charge on any atom is 0.193 e. The number of guanidine groups is 1. The van der Waals surface area contributed by atoms with Crippen LogP contribution in [0, 0.1) is 0 Å². The Morgan fingerprint density at radius 1 is 1.12 bits per heavy atom. The Hall–Kier alpha value is -0.160. The second-order valence-electron chi connectivity index (χ2n) is 6.44. The number of ether oxygens (including phenoxy) is 3. The van der Waals surface area contributed by atoms with Gasteiger partial charge in [-0.05, 0) is 33.2 Å². The van der Waals surface area contributed by atoms with Crippen molar-refractivity contribution in [2.75, 3.05) is 80.4 Å². The van der Waals surface area contributed by atoms with Crippen molar-refractivity contribution in [3.63, 3.8) is 0 Å². The van der Waals surface area contributed by atoms with Gasteiger partial charge < -0.3 is 29.3 Å². The molecule has 0 unspecified atom stereocenters. The maximum absolute atomic E-state index is 5.94. The quantitative estimate of drug-likeness (QED) is 0.196. The Balaban J connectivity index is 0.00000625. The van der Waals surface area contributed by atoms with Gasteiger partial charge in [0, 0.05) is 60.2 Å². The molecule has 0 radical (unpaired) electrons. The second-order valence-corrected chi connectivity index (χ2v) is 6.44. The molecule has 156 valence electrons. The van der Waals surface area contributed by atoms with E-state index in [-0.39, 0.29) is 24.0 Å². The average Bonchev–Trinajstić information content (AvgIpc) is 2.63. The van der Waals surface area contributed by atoms with E-state index in [0.29, 0.717) is 6.10 Å². The highest BCUT2D eigenvalue weighted by molar-refractivity contribution is 14.0. The lowest BCUT2D eigenvalue weighted by Gasteiger charge is -2.34. The Kier molecular flexibility index (Phi) is 16.9. The van der Waals surface area contributed by atoms with Gasteiger partial charge in [-0.1, -0.05) is 0 Å². The van der Waals surface area contributed by atoms with Crippen LogP contribution in [0.25, 0.3) is 0 Å². The Bertz CT molecular complexity index is 353. The Labute approximate surface area is 176 Å². The summed E-state index contributed by atoms with van der Waals surface area (Å²) in [6.45, 7) is 10.0. The molecule has 26 heavy (non-hydrogen) atoms. The van der Waals surface area contributed by atoms with Crippen LogP contribution < -0.4 is 5.32 Å². The number of hydrogen-bond acceptors (Lipinski definition) is 5. The molecule has 0 saturated carbocycles. The van der Waals surface area contributed by atoms with Crippen molar-refractivity contribution >= 4 is 29.9 Å². The predicted octanol–water partition coefficient (Wildman–Crippen LogP) is 1.67. The number of halogens is 1. The number of nitrogens with zero attached hydrogens (tertiary/aromatic N) is 3. The summed E-state index contributed by atoms with van der Waals surface area (Å²) in [6.07, 6.45) is 3.46. The molecule has 0 aromatic heterocycles. The van der Waals surface area contributed by atoms with Crippen LogP contribution in [0.15, 0.2) is 4.99 Å². The molecule has 1 aliphatic rings. The summed E-state index contributed by atoms with van der Waals surface area (Å²) >= 11 is 0. The van der Waals surface area contributed by atoms with Crippen LogP contribution in [0.2, 0.25) is 0 Å². The zero-order valence-electron chi connectivity index (χ0n) is 17.0. The molecule has 0 atom stereocenters. The third kappa shape index (κ3) is 11.5. The fourth-order valence-corrected chi connectivity index (χ4v) is 2.80. The predicted molar refractivity (Wildman–Crippen MR) is 118 cm³/mol. The first-order valence-electron chi connectivity index (χ1n) is 9.52. The molecule has 1 N–H and O–H groups in total. The van der Waals surface area contributed by atoms with E-state index in [2.05, 4.69) is 29.1 Å². The molecule has 0 amide bonds. The minimum atomic E-state index is 0. The van der Waals surface area contributed by atoms with Crippen LogP contribution in [-0.2, 0) is 14.2 Å². The molecule has 8 heteroatoms. The van der Waals surface area contributed by atoms with Crippen LogP contribution in [0.5, 0.6) is 0 Å². The van der Waals surface area contributed by atoms with Crippen LogP contribution >= 0.6 is 24.0 Å². The van der Waals surface area contributed by atoms with E-state index in [1.165, 1.54) is 0 Å². The Morgan fingerprint density at radius 2 is 1.81 bits per heavy atom. The van der Waals surface area contributed by atoms with E-state index in [1.807, 2.05) is 0 Å². The molecule has 7 nitrogen and oxygen atoms in total. The van der Waals surface area contributed by atoms with E-state index in [0.717, 1.165) is 84.3 Å². The van der Waals surface area contributed by atoms with Crippen molar-refractivity contribution in [2.24, 2.45) is 4.99 Å². The normalized spacial score (nSPS) is 16.0. The van der Waals surface area contributed by atoms with Crippen molar-refractivity contribution in [1.29, 1.82) is 0 Å². The zero-order valence-corrected chi connectivity index (χ0v) is 19.4. The summed E-state index contributed by atoms with van der Waals surface area (Å²) in [6, 6.07) is 0. The summed E-state index contributed by atoms with van der Waals surface area (Å²) in [4.78, 5) is 9.39. The number of methoxy groups -OCH3 is 2. The SMILES string of the molecule is CCNC(=NCCN(C)CCOC)N1CCC(OCCCOC)CC1.I. The minimum absolute atomic E-state index is 0.